The Balaban J connectivity index is 1.86. The average molecular weight is 291 g/mol. The minimum atomic E-state index is 0.416. The van der Waals surface area contributed by atoms with Crippen molar-refractivity contribution in [1.29, 1.82) is 0 Å². The van der Waals surface area contributed by atoms with Gasteiger partial charge in [0.05, 0.1) is 18.8 Å². The second-order valence-corrected chi connectivity index (χ2v) is 5.83. The molecule has 106 valence electrons. The zero-order valence-electron chi connectivity index (χ0n) is 11.3. The number of aromatic nitrogens is 4. The molecule has 0 unspecified atom stereocenters. The summed E-state index contributed by atoms with van der Waals surface area (Å²) in [5, 5.41) is 12.8. The van der Waals surface area contributed by atoms with Crippen molar-refractivity contribution in [3.63, 3.8) is 0 Å². The Bertz CT molecular complexity index is 594. The normalized spacial score (nSPS) is 15.7. The van der Waals surface area contributed by atoms with E-state index >= 15 is 0 Å². The molecule has 0 bridgehead atoms. The van der Waals surface area contributed by atoms with Gasteiger partial charge < -0.3 is 10.5 Å². The Hall–Kier alpha value is -1.76. The lowest BCUT2D eigenvalue weighted by atomic mass is 10.3. The summed E-state index contributed by atoms with van der Waals surface area (Å²) < 4.78 is 7.17. The molecule has 20 heavy (non-hydrogen) atoms. The molecule has 2 N–H and O–H groups in total. The summed E-state index contributed by atoms with van der Waals surface area (Å²) in [5.41, 5.74) is 6.72. The molecule has 0 radical (unpaired) electrons. The number of tetrazole rings is 1. The highest BCUT2D eigenvalue weighted by atomic mass is 32.2. The molecule has 1 aliphatic carbocycles. The fraction of sp³-hybridized carbons (Fsp3) is 0.462. The quantitative estimate of drug-likeness (QED) is 0.872. The Morgan fingerprint density at radius 2 is 2.15 bits per heavy atom. The summed E-state index contributed by atoms with van der Waals surface area (Å²) >= 11 is 1.49. The van der Waals surface area contributed by atoms with Gasteiger partial charge in [0.15, 0.2) is 0 Å². The van der Waals surface area contributed by atoms with Crippen molar-refractivity contribution >= 4 is 17.4 Å². The monoisotopic (exact) mass is 291 g/mol. The molecule has 1 aliphatic rings. The van der Waals surface area contributed by atoms with Crippen LogP contribution < -0.4 is 10.5 Å². The fourth-order valence-electron chi connectivity index (χ4n) is 2.52. The average Bonchev–Trinajstić information content (AvgIpc) is 3.11. The van der Waals surface area contributed by atoms with Gasteiger partial charge in [0.25, 0.3) is 0 Å². The predicted octanol–water partition coefficient (Wildman–Crippen LogP) is 2.53. The molecule has 0 spiro atoms. The number of hydrogen-bond donors (Lipinski definition) is 1. The Morgan fingerprint density at radius 1 is 1.35 bits per heavy atom. The number of methoxy groups -OCH3 is 1. The number of benzene rings is 1. The van der Waals surface area contributed by atoms with Crippen LogP contribution in [0, 0.1) is 0 Å². The van der Waals surface area contributed by atoms with E-state index in [1.165, 1.54) is 24.6 Å². The van der Waals surface area contributed by atoms with E-state index < -0.39 is 0 Å². The number of nitrogens with zero attached hydrogens (tertiary/aromatic N) is 4. The lowest BCUT2D eigenvalue weighted by Crippen LogP contribution is -2.08. The van der Waals surface area contributed by atoms with Crippen molar-refractivity contribution in [3.05, 3.63) is 18.2 Å². The molecule has 1 aromatic carbocycles. The molecule has 0 saturated heterocycles. The molecule has 1 fully saturated rings. The van der Waals surface area contributed by atoms with Crippen LogP contribution in [0.4, 0.5) is 5.69 Å². The first-order valence-corrected chi connectivity index (χ1v) is 7.49. The molecule has 1 heterocycles. The van der Waals surface area contributed by atoms with Crippen LogP contribution in [0.5, 0.6) is 5.75 Å². The molecular weight excluding hydrogens is 274 g/mol. The summed E-state index contributed by atoms with van der Waals surface area (Å²) in [4.78, 5) is 0.915. The summed E-state index contributed by atoms with van der Waals surface area (Å²) in [7, 11) is 1.61. The van der Waals surface area contributed by atoms with Crippen LogP contribution in [-0.4, -0.2) is 27.3 Å². The number of ether oxygens (including phenoxy) is 1. The molecule has 0 amide bonds. The number of nitrogens with two attached hydrogens (primary N) is 1. The van der Waals surface area contributed by atoms with Crippen molar-refractivity contribution in [3.8, 4) is 5.75 Å². The summed E-state index contributed by atoms with van der Waals surface area (Å²) in [6.45, 7) is 0. The van der Waals surface area contributed by atoms with Gasteiger partial charge in [-0.15, -0.1) is 5.10 Å². The van der Waals surface area contributed by atoms with Crippen LogP contribution in [0.2, 0.25) is 0 Å². The number of para-hydroxylation sites is 1. The van der Waals surface area contributed by atoms with Gasteiger partial charge in [-0.2, -0.15) is 0 Å². The van der Waals surface area contributed by atoms with E-state index in [1.807, 2.05) is 22.9 Å². The highest BCUT2D eigenvalue weighted by Gasteiger charge is 2.22. The van der Waals surface area contributed by atoms with Gasteiger partial charge in [-0.25, -0.2) is 4.68 Å². The lowest BCUT2D eigenvalue weighted by molar-refractivity contribution is 0.416. The zero-order valence-corrected chi connectivity index (χ0v) is 12.1. The second-order valence-electron chi connectivity index (χ2n) is 4.82. The highest BCUT2D eigenvalue weighted by Crippen LogP contribution is 2.38. The SMILES string of the molecule is COc1cccc(Sc2nnnn2C2CCCC2)c1N. The maximum Gasteiger partial charge on any atom is 0.214 e. The number of anilines is 1. The van der Waals surface area contributed by atoms with Crippen molar-refractivity contribution in [1.82, 2.24) is 20.2 Å². The topological polar surface area (TPSA) is 78.9 Å². The van der Waals surface area contributed by atoms with Crippen molar-refractivity contribution in [2.45, 2.75) is 41.8 Å². The van der Waals surface area contributed by atoms with Crippen LogP contribution in [0.15, 0.2) is 28.3 Å². The van der Waals surface area contributed by atoms with E-state index in [4.69, 9.17) is 10.5 Å². The Kier molecular flexibility index (Phi) is 3.77. The molecule has 6 nitrogen and oxygen atoms in total. The van der Waals surface area contributed by atoms with Gasteiger partial charge in [0, 0.05) is 4.90 Å². The Labute approximate surface area is 121 Å². The summed E-state index contributed by atoms with van der Waals surface area (Å²) in [6, 6.07) is 6.14. The van der Waals surface area contributed by atoms with Gasteiger partial charge in [0.1, 0.15) is 5.75 Å². The van der Waals surface area contributed by atoms with E-state index in [0.717, 1.165) is 22.9 Å². The van der Waals surface area contributed by atoms with E-state index in [9.17, 15) is 0 Å². The lowest BCUT2D eigenvalue weighted by Gasteiger charge is -2.12. The molecular formula is C13H17N5OS. The third-order valence-corrected chi connectivity index (χ3v) is 4.61. The number of nitrogen functional groups attached to an aromatic ring is 1. The first-order chi connectivity index (χ1) is 9.79. The first kappa shape index (κ1) is 13.2. The van der Waals surface area contributed by atoms with Crippen LogP contribution in [0.3, 0.4) is 0 Å². The van der Waals surface area contributed by atoms with E-state index in [2.05, 4.69) is 15.5 Å². The van der Waals surface area contributed by atoms with E-state index in [1.54, 1.807) is 7.11 Å². The maximum absolute atomic E-state index is 6.09. The van der Waals surface area contributed by atoms with Crippen molar-refractivity contribution in [2.75, 3.05) is 12.8 Å². The third-order valence-electron chi connectivity index (χ3n) is 3.58. The smallest absolute Gasteiger partial charge is 0.214 e. The van der Waals surface area contributed by atoms with Crippen LogP contribution >= 0.6 is 11.8 Å². The fourth-order valence-corrected chi connectivity index (χ4v) is 3.43. The molecule has 7 heteroatoms. The molecule has 3 rings (SSSR count). The van der Waals surface area contributed by atoms with Crippen LogP contribution in [-0.2, 0) is 0 Å². The zero-order chi connectivity index (χ0) is 13.9. The van der Waals surface area contributed by atoms with Gasteiger partial charge in [0.2, 0.25) is 5.16 Å². The molecule has 0 aliphatic heterocycles. The molecule has 1 saturated carbocycles. The van der Waals surface area contributed by atoms with E-state index in [-0.39, 0.29) is 0 Å². The standard InChI is InChI=1S/C13H17N5OS/c1-19-10-7-4-8-11(12(10)14)20-13-15-16-17-18(13)9-5-2-3-6-9/h4,7-9H,2-3,5-6,14H2,1H3. The maximum atomic E-state index is 6.09. The molecule has 0 atom stereocenters. The minimum absolute atomic E-state index is 0.416. The van der Waals surface area contributed by atoms with Gasteiger partial charge in [-0.1, -0.05) is 18.9 Å². The number of rotatable bonds is 4. The van der Waals surface area contributed by atoms with Crippen molar-refractivity contribution < 1.29 is 4.74 Å². The predicted molar refractivity (Wildman–Crippen MR) is 76.9 cm³/mol. The first-order valence-electron chi connectivity index (χ1n) is 6.68. The molecule has 2 aromatic rings. The highest BCUT2D eigenvalue weighted by molar-refractivity contribution is 7.99. The summed E-state index contributed by atoms with van der Waals surface area (Å²) in [5.74, 6) is 0.676. The summed E-state index contributed by atoms with van der Waals surface area (Å²) in [6.07, 6.45) is 4.78. The number of hydrogen-bond acceptors (Lipinski definition) is 6. The molecule has 1 aromatic heterocycles. The van der Waals surface area contributed by atoms with Crippen LogP contribution in [0.1, 0.15) is 31.7 Å². The minimum Gasteiger partial charge on any atom is -0.495 e. The van der Waals surface area contributed by atoms with E-state index in [0.29, 0.717) is 17.5 Å². The third kappa shape index (κ3) is 2.45. The van der Waals surface area contributed by atoms with Gasteiger partial charge >= 0.3 is 0 Å². The van der Waals surface area contributed by atoms with Crippen LogP contribution in [0.25, 0.3) is 0 Å². The van der Waals surface area contributed by atoms with Gasteiger partial charge in [-0.05, 0) is 47.2 Å². The van der Waals surface area contributed by atoms with Crippen molar-refractivity contribution in [2.24, 2.45) is 0 Å². The Morgan fingerprint density at radius 3 is 2.90 bits per heavy atom. The second kappa shape index (κ2) is 5.70. The van der Waals surface area contributed by atoms with Gasteiger partial charge in [-0.3, -0.25) is 0 Å². The largest absolute Gasteiger partial charge is 0.495 e.